The minimum Gasteiger partial charge on any atom is -0.496 e. The fourth-order valence-corrected chi connectivity index (χ4v) is 3.21. The Morgan fingerprint density at radius 1 is 0.839 bits per heavy atom. The Balaban J connectivity index is 0.00000480. The number of hydrogen-bond acceptors (Lipinski definition) is 5. The number of nitrogens with zero attached hydrogens (tertiary/aromatic N) is 1. The molecule has 0 unspecified atom stereocenters. The molecule has 0 saturated carbocycles. The zero-order valence-corrected chi connectivity index (χ0v) is 21.5. The van der Waals surface area contributed by atoms with Crippen molar-refractivity contribution in [2.75, 3.05) is 41.5 Å². The van der Waals surface area contributed by atoms with Crippen molar-refractivity contribution in [3.63, 3.8) is 0 Å². The number of rotatable bonds is 10. The molecule has 8 heteroatoms. The van der Waals surface area contributed by atoms with Gasteiger partial charge in [0.05, 0.1) is 35.0 Å². The Labute approximate surface area is 202 Å². The topological polar surface area (TPSA) is 73.3 Å². The van der Waals surface area contributed by atoms with Crippen LogP contribution in [0.25, 0.3) is 0 Å². The molecule has 0 radical (unpaired) electrons. The van der Waals surface area contributed by atoms with Gasteiger partial charge in [-0.3, -0.25) is 0 Å². The molecular weight excluding hydrogens is 509 g/mol. The van der Waals surface area contributed by atoms with Crippen molar-refractivity contribution in [1.82, 2.24) is 10.6 Å². The van der Waals surface area contributed by atoms with E-state index >= 15 is 0 Å². The van der Waals surface area contributed by atoms with Crippen LogP contribution in [-0.2, 0) is 13.0 Å². The van der Waals surface area contributed by atoms with Gasteiger partial charge in [-0.05, 0) is 44.0 Å². The summed E-state index contributed by atoms with van der Waals surface area (Å²) in [5, 5.41) is 6.66. The summed E-state index contributed by atoms with van der Waals surface area (Å²) >= 11 is 0. The van der Waals surface area contributed by atoms with Crippen LogP contribution in [0.3, 0.4) is 0 Å². The molecule has 0 aromatic heterocycles. The van der Waals surface area contributed by atoms with Crippen molar-refractivity contribution in [3.05, 3.63) is 47.0 Å². The normalized spacial score (nSPS) is 10.7. The molecule has 0 aliphatic carbocycles. The van der Waals surface area contributed by atoms with Crippen molar-refractivity contribution in [2.24, 2.45) is 4.99 Å². The highest BCUT2D eigenvalue weighted by atomic mass is 127. The van der Waals surface area contributed by atoms with E-state index in [2.05, 4.69) is 29.7 Å². The molecule has 0 aliphatic heterocycles. The molecule has 2 aromatic carbocycles. The fraction of sp³-hybridized carbons (Fsp3) is 0.435. The summed E-state index contributed by atoms with van der Waals surface area (Å²) in [6.45, 7) is 6.06. The number of guanidine groups is 1. The largest absolute Gasteiger partial charge is 0.496 e. The lowest BCUT2D eigenvalue weighted by Crippen LogP contribution is -2.38. The number of hydrogen-bond donors (Lipinski definition) is 2. The van der Waals surface area contributed by atoms with E-state index < -0.39 is 0 Å². The monoisotopic (exact) mass is 543 g/mol. The molecule has 0 atom stereocenters. The first kappa shape index (κ1) is 26.7. The van der Waals surface area contributed by atoms with Crippen LogP contribution >= 0.6 is 24.0 Å². The van der Waals surface area contributed by atoms with E-state index in [-0.39, 0.29) is 24.0 Å². The minimum atomic E-state index is 0. The Hall–Kier alpha value is -2.36. The summed E-state index contributed by atoms with van der Waals surface area (Å²) in [7, 11) is 6.51. The highest BCUT2D eigenvalue weighted by Gasteiger charge is 2.15. The first-order chi connectivity index (χ1) is 14.6. The van der Waals surface area contributed by atoms with Gasteiger partial charge in [0.15, 0.2) is 17.5 Å². The lowest BCUT2D eigenvalue weighted by atomic mass is 10.1. The van der Waals surface area contributed by atoms with Crippen LogP contribution < -0.4 is 29.6 Å². The molecule has 0 aliphatic rings. The molecule has 7 nitrogen and oxygen atoms in total. The fourth-order valence-electron chi connectivity index (χ4n) is 3.21. The molecule has 2 aromatic rings. The van der Waals surface area contributed by atoms with Crippen LogP contribution in [0.5, 0.6) is 23.0 Å². The Morgan fingerprint density at radius 2 is 1.52 bits per heavy atom. The van der Waals surface area contributed by atoms with Gasteiger partial charge >= 0.3 is 0 Å². The first-order valence-electron chi connectivity index (χ1n) is 10.0. The Morgan fingerprint density at radius 3 is 2.13 bits per heavy atom. The zero-order chi connectivity index (χ0) is 21.9. The van der Waals surface area contributed by atoms with E-state index in [1.807, 2.05) is 25.1 Å². The molecule has 0 spiro atoms. The van der Waals surface area contributed by atoms with Gasteiger partial charge in [-0.2, -0.15) is 0 Å². The van der Waals surface area contributed by atoms with Crippen LogP contribution in [0.4, 0.5) is 0 Å². The zero-order valence-electron chi connectivity index (χ0n) is 19.2. The SMILES string of the molecule is CCNC(=NCc1ccc(OC)c(OC)c1OC)NCCc1cc(C)ccc1OC.I. The van der Waals surface area contributed by atoms with Crippen molar-refractivity contribution < 1.29 is 18.9 Å². The number of nitrogens with one attached hydrogen (secondary N) is 2. The van der Waals surface area contributed by atoms with Crippen LogP contribution in [0.15, 0.2) is 35.3 Å². The van der Waals surface area contributed by atoms with E-state index in [1.54, 1.807) is 28.4 Å². The van der Waals surface area contributed by atoms with Crippen LogP contribution in [0, 0.1) is 6.92 Å². The predicted octanol–water partition coefficient (Wildman–Crippen LogP) is 3.95. The summed E-state index contributed by atoms with van der Waals surface area (Å²) in [6.07, 6.45) is 0.828. The van der Waals surface area contributed by atoms with E-state index in [0.717, 1.165) is 36.8 Å². The van der Waals surface area contributed by atoms with Crippen LogP contribution in [0.1, 0.15) is 23.6 Å². The summed E-state index contributed by atoms with van der Waals surface area (Å²) < 4.78 is 21.8. The maximum absolute atomic E-state index is 5.55. The number of aryl methyl sites for hydroxylation is 1. The van der Waals surface area contributed by atoms with Gasteiger partial charge < -0.3 is 29.6 Å². The second-order valence-electron chi connectivity index (χ2n) is 6.68. The van der Waals surface area contributed by atoms with Gasteiger partial charge in [0.2, 0.25) is 5.75 Å². The van der Waals surface area contributed by atoms with Gasteiger partial charge in [0.25, 0.3) is 0 Å². The average Bonchev–Trinajstić information content (AvgIpc) is 2.76. The third-order valence-corrected chi connectivity index (χ3v) is 4.66. The van der Waals surface area contributed by atoms with E-state index in [9.17, 15) is 0 Å². The number of ether oxygens (including phenoxy) is 4. The van der Waals surface area contributed by atoms with Crippen LogP contribution in [-0.4, -0.2) is 47.5 Å². The Kier molecular flexibility index (Phi) is 11.9. The lowest BCUT2D eigenvalue weighted by Gasteiger charge is -2.16. The molecule has 0 saturated heterocycles. The minimum absolute atomic E-state index is 0. The first-order valence-corrected chi connectivity index (χ1v) is 10.0. The van der Waals surface area contributed by atoms with Gasteiger partial charge in [0, 0.05) is 18.7 Å². The third kappa shape index (κ3) is 7.37. The predicted molar refractivity (Wildman–Crippen MR) is 136 cm³/mol. The molecule has 2 N–H and O–H groups in total. The lowest BCUT2D eigenvalue weighted by molar-refractivity contribution is 0.322. The highest BCUT2D eigenvalue weighted by Crippen LogP contribution is 2.39. The van der Waals surface area contributed by atoms with Crippen molar-refractivity contribution >= 4 is 29.9 Å². The molecule has 172 valence electrons. The molecule has 0 amide bonds. The van der Waals surface area contributed by atoms with Gasteiger partial charge in [-0.25, -0.2) is 4.99 Å². The molecule has 31 heavy (non-hydrogen) atoms. The Bertz CT molecular complexity index is 859. The molecular formula is C23H34IN3O4. The van der Waals surface area contributed by atoms with Gasteiger partial charge in [-0.1, -0.05) is 17.7 Å². The molecule has 0 heterocycles. The highest BCUT2D eigenvalue weighted by molar-refractivity contribution is 14.0. The number of methoxy groups -OCH3 is 4. The standard InChI is InChI=1S/C23H33N3O4.HI/c1-7-24-23(25-13-12-17-14-16(2)8-10-19(17)27-3)26-15-18-9-11-20(28-4)22(30-6)21(18)29-5;/h8-11,14H,7,12-13,15H2,1-6H3,(H2,24,25,26);1H. The maximum atomic E-state index is 5.55. The van der Waals surface area contributed by atoms with Crippen molar-refractivity contribution in [3.8, 4) is 23.0 Å². The maximum Gasteiger partial charge on any atom is 0.203 e. The second-order valence-corrected chi connectivity index (χ2v) is 6.68. The number of benzene rings is 2. The number of halogens is 1. The van der Waals surface area contributed by atoms with E-state index in [0.29, 0.717) is 23.8 Å². The summed E-state index contributed by atoms with van der Waals surface area (Å²) in [5.41, 5.74) is 3.29. The van der Waals surface area contributed by atoms with Gasteiger partial charge in [-0.15, -0.1) is 24.0 Å². The van der Waals surface area contributed by atoms with E-state index in [4.69, 9.17) is 23.9 Å². The summed E-state index contributed by atoms with van der Waals surface area (Å²) in [6, 6.07) is 10.0. The van der Waals surface area contributed by atoms with Crippen molar-refractivity contribution in [1.29, 1.82) is 0 Å². The quantitative estimate of drug-likeness (QED) is 0.269. The number of aliphatic imine (C=N–C) groups is 1. The summed E-state index contributed by atoms with van der Waals surface area (Å²) in [5.74, 6) is 3.46. The summed E-state index contributed by atoms with van der Waals surface area (Å²) in [4.78, 5) is 4.70. The van der Waals surface area contributed by atoms with Gasteiger partial charge in [0.1, 0.15) is 5.75 Å². The molecule has 0 bridgehead atoms. The smallest absolute Gasteiger partial charge is 0.203 e. The van der Waals surface area contributed by atoms with E-state index in [1.165, 1.54) is 11.1 Å². The molecule has 2 rings (SSSR count). The molecule has 0 fully saturated rings. The average molecular weight is 543 g/mol. The third-order valence-electron chi connectivity index (χ3n) is 4.66. The van der Waals surface area contributed by atoms with Crippen LogP contribution in [0.2, 0.25) is 0 Å². The van der Waals surface area contributed by atoms with Crippen molar-refractivity contribution in [2.45, 2.75) is 26.8 Å². The second kappa shape index (κ2) is 13.8.